The number of carbonyl (C=O) groups is 1. The molecule has 0 bridgehead atoms. The van der Waals surface area contributed by atoms with Crippen molar-refractivity contribution in [3.05, 3.63) is 41.3 Å². The van der Waals surface area contributed by atoms with Crippen LogP contribution in [0.3, 0.4) is 0 Å². The van der Waals surface area contributed by atoms with Gasteiger partial charge >= 0.3 is 0 Å². The standard InChI is InChI=1S/C16H17BrN4O2/c17-12-1-2-13(14(22)9-12)20-16(23)11-3-7-21(8-4-11)15-10-18-5-6-19-15/h1-2,5-6,9-11,22H,3-4,7-8H2,(H,20,23). The second-order valence-corrected chi connectivity index (χ2v) is 6.39. The summed E-state index contributed by atoms with van der Waals surface area (Å²) in [4.78, 5) is 22.9. The van der Waals surface area contributed by atoms with Crippen LogP contribution in [0.15, 0.2) is 41.3 Å². The van der Waals surface area contributed by atoms with Gasteiger partial charge in [-0.3, -0.25) is 9.78 Å². The van der Waals surface area contributed by atoms with Crippen molar-refractivity contribution in [2.24, 2.45) is 5.92 Å². The minimum absolute atomic E-state index is 0.0542. The maximum absolute atomic E-state index is 12.4. The van der Waals surface area contributed by atoms with Crippen LogP contribution in [0.5, 0.6) is 5.75 Å². The maximum Gasteiger partial charge on any atom is 0.227 e. The number of rotatable bonds is 3. The van der Waals surface area contributed by atoms with Gasteiger partial charge in [-0.2, -0.15) is 0 Å². The summed E-state index contributed by atoms with van der Waals surface area (Å²) in [7, 11) is 0. The molecule has 1 aliphatic heterocycles. The first-order chi connectivity index (χ1) is 11.1. The molecule has 0 aliphatic carbocycles. The molecule has 120 valence electrons. The number of nitrogens with zero attached hydrogens (tertiary/aromatic N) is 3. The molecule has 0 unspecified atom stereocenters. The number of aromatic hydroxyl groups is 1. The van der Waals surface area contributed by atoms with Crippen LogP contribution in [0, 0.1) is 5.92 Å². The average molecular weight is 377 g/mol. The number of carbonyl (C=O) groups excluding carboxylic acids is 1. The summed E-state index contributed by atoms with van der Waals surface area (Å²) in [6, 6.07) is 5.03. The molecule has 23 heavy (non-hydrogen) atoms. The van der Waals surface area contributed by atoms with Gasteiger partial charge in [0.25, 0.3) is 0 Å². The highest BCUT2D eigenvalue weighted by Gasteiger charge is 2.26. The van der Waals surface area contributed by atoms with Gasteiger partial charge in [-0.15, -0.1) is 0 Å². The van der Waals surface area contributed by atoms with Gasteiger partial charge in [-0.1, -0.05) is 15.9 Å². The van der Waals surface area contributed by atoms with Gasteiger partial charge in [0.1, 0.15) is 11.6 Å². The topological polar surface area (TPSA) is 78.4 Å². The monoisotopic (exact) mass is 376 g/mol. The van der Waals surface area contributed by atoms with Crippen LogP contribution in [0.2, 0.25) is 0 Å². The number of hydrogen-bond acceptors (Lipinski definition) is 5. The predicted octanol–water partition coefficient (Wildman–Crippen LogP) is 2.80. The molecule has 2 N–H and O–H groups in total. The predicted molar refractivity (Wildman–Crippen MR) is 91.4 cm³/mol. The van der Waals surface area contributed by atoms with Crippen molar-refractivity contribution in [1.82, 2.24) is 9.97 Å². The van der Waals surface area contributed by atoms with Gasteiger partial charge < -0.3 is 15.3 Å². The molecule has 1 aromatic heterocycles. The molecule has 1 saturated heterocycles. The molecule has 0 saturated carbocycles. The lowest BCUT2D eigenvalue weighted by Gasteiger charge is -2.31. The smallest absolute Gasteiger partial charge is 0.227 e. The molecule has 3 rings (SSSR count). The Bertz CT molecular complexity index is 688. The largest absolute Gasteiger partial charge is 0.506 e. The molecule has 0 spiro atoms. The highest BCUT2D eigenvalue weighted by Crippen LogP contribution is 2.28. The Morgan fingerprint density at radius 3 is 2.74 bits per heavy atom. The van der Waals surface area contributed by atoms with Gasteiger partial charge in [0.2, 0.25) is 5.91 Å². The number of nitrogens with one attached hydrogen (secondary N) is 1. The summed E-state index contributed by atoms with van der Waals surface area (Å²) < 4.78 is 0.769. The van der Waals surface area contributed by atoms with E-state index in [2.05, 4.69) is 36.1 Å². The Labute approximate surface area is 142 Å². The van der Waals surface area contributed by atoms with E-state index in [1.54, 1.807) is 36.8 Å². The third kappa shape index (κ3) is 3.79. The van der Waals surface area contributed by atoms with E-state index in [1.807, 2.05) is 0 Å². The van der Waals surface area contributed by atoms with Crippen molar-refractivity contribution in [3.63, 3.8) is 0 Å². The third-order valence-electron chi connectivity index (χ3n) is 3.96. The average Bonchev–Trinajstić information content (AvgIpc) is 2.58. The van der Waals surface area contributed by atoms with Gasteiger partial charge in [0.15, 0.2) is 0 Å². The van der Waals surface area contributed by atoms with Crippen LogP contribution in [-0.4, -0.2) is 34.1 Å². The molecular weight excluding hydrogens is 360 g/mol. The molecule has 6 nitrogen and oxygen atoms in total. The Morgan fingerprint density at radius 2 is 2.09 bits per heavy atom. The van der Waals surface area contributed by atoms with Gasteiger partial charge in [-0.25, -0.2) is 4.98 Å². The van der Waals surface area contributed by atoms with Crippen LogP contribution >= 0.6 is 15.9 Å². The SMILES string of the molecule is O=C(Nc1ccc(Br)cc1O)C1CCN(c2cnccn2)CC1. The van der Waals surface area contributed by atoms with Gasteiger partial charge in [0, 0.05) is 35.9 Å². The van der Waals surface area contributed by atoms with E-state index < -0.39 is 0 Å². The fourth-order valence-corrected chi connectivity index (χ4v) is 3.02. The lowest BCUT2D eigenvalue weighted by atomic mass is 9.96. The van der Waals surface area contributed by atoms with E-state index in [-0.39, 0.29) is 17.6 Å². The number of phenolic OH excluding ortho intramolecular Hbond substituents is 1. The zero-order valence-corrected chi connectivity index (χ0v) is 14.0. The highest BCUT2D eigenvalue weighted by molar-refractivity contribution is 9.10. The molecule has 1 amide bonds. The van der Waals surface area contributed by atoms with Crippen LogP contribution in [-0.2, 0) is 4.79 Å². The molecule has 1 fully saturated rings. The molecular formula is C16H17BrN4O2. The minimum atomic E-state index is -0.0639. The Morgan fingerprint density at radius 1 is 1.30 bits per heavy atom. The first kappa shape index (κ1) is 15.7. The molecule has 2 aromatic rings. The van der Waals surface area contributed by atoms with E-state index in [9.17, 15) is 9.90 Å². The van der Waals surface area contributed by atoms with Crippen LogP contribution in [0.25, 0.3) is 0 Å². The number of aromatic nitrogens is 2. The molecule has 1 aliphatic rings. The summed E-state index contributed by atoms with van der Waals surface area (Å²) >= 11 is 3.28. The summed E-state index contributed by atoms with van der Waals surface area (Å²) in [5.41, 5.74) is 0.439. The van der Waals surface area contributed by atoms with Crippen LogP contribution in [0.4, 0.5) is 11.5 Å². The number of hydrogen-bond donors (Lipinski definition) is 2. The zero-order chi connectivity index (χ0) is 16.2. The van der Waals surface area contributed by atoms with E-state index in [0.29, 0.717) is 5.69 Å². The fraction of sp³-hybridized carbons (Fsp3) is 0.312. The lowest BCUT2D eigenvalue weighted by molar-refractivity contribution is -0.120. The second-order valence-electron chi connectivity index (χ2n) is 5.48. The van der Waals surface area contributed by atoms with Crippen molar-refractivity contribution in [2.75, 3.05) is 23.3 Å². The van der Waals surface area contributed by atoms with Crippen LogP contribution < -0.4 is 10.2 Å². The molecule has 0 atom stereocenters. The summed E-state index contributed by atoms with van der Waals surface area (Å²) in [5.74, 6) is 0.786. The molecule has 1 aromatic carbocycles. The first-order valence-electron chi connectivity index (χ1n) is 7.44. The van der Waals surface area contributed by atoms with E-state index in [1.165, 1.54) is 0 Å². The number of phenols is 1. The zero-order valence-electron chi connectivity index (χ0n) is 12.4. The summed E-state index contributed by atoms with van der Waals surface area (Å²) in [5, 5.41) is 12.7. The van der Waals surface area contributed by atoms with E-state index >= 15 is 0 Å². The third-order valence-corrected chi connectivity index (χ3v) is 4.45. The van der Waals surface area contributed by atoms with Crippen molar-refractivity contribution in [3.8, 4) is 5.75 Å². The number of piperidine rings is 1. The maximum atomic E-state index is 12.4. The quantitative estimate of drug-likeness (QED) is 0.805. The number of anilines is 2. The fourth-order valence-electron chi connectivity index (χ4n) is 2.67. The first-order valence-corrected chi connectivity index (χ1v) is 8.23. The molecule has 0 radical (unpaired) electrons. The highest BCUT2D eigenvalue weighted by atomic mass is 79.9. The number of halogens is 1. The van der Waals surface area contributed by atoms with Crippen molar-refractivity contribution in [2.45, 2.75) is 12.8 Å². The van der Waals surface area contributed by atoms with Gasteiger partial charge in [-0.05, 0) is 31.0 Å². The Kier molecular flexibility index (Phi) is 4.76. The number of benzene rings is 1. The normalized spacial score (nSPS) is 15.4. The van der Waals surface area contributed by atoms with Gasteiger partial charge in [0.05, 0.1) is 11.9 Å². The van der Waals surface area contributed by atoms with E-state index in [0.717, 1.165) is 36.2 Å². The Balaban J connectivity index is 1.58. The lowest BCUT2D eigenvalue weighted by Crippen LogP contribution is -2.38. The van der Waals surface area contributed by atoms with Crippen molar-refractivity contribution in [1.29, 1.82) is 0 Å². The second kappa shape index (κ2) is 6.95. The molecule has 7 heteroatoms. The summed E-state index contributed by atoms with van der Waals surface area (Å²) in [6.45, 7) is 1.53. The Hall–Kier alpha value is -2.15. The molecule has 2 heterocycles. The number of amides is 1. The van der Waals surface area contributed by atoms with Crippen molar-refractivity contribution >= 4 is 33.3 Å². The minimum Gasteiger partial charge on any atom is -0.506 e. The van der Waals surface area contributed by atoms with E-state index in [4.69, 9.17) is 0 Å². The van der Waals surface area contributed by atoms with Crippen molar-refractivity contribution < 1.29 is 9.90 Å². The summed E-state index contributed by atoms with van der Waals surface area (Å²) in [6.07, 6.45) is 6.55. The van der Waals surface area contributed by atoms with Crippen LogP contribution in [0.1, 0.15) is 12.8 Å².